The summed E-state index contributed by atoms with van der Waals surface area (Å²) in [5, 5.41) is 10.4. The van der Waals surface area contributed by atoms with Gasteiger partial charge in [-0.2, -0.15) is 0 Å². The Morgan fingerprint density at radius 1 is 1.03 bits per heavy atom. The molecule has 3 aromatic rings. The van der Waals surface area contributed by atoms with Crippen LogP contribution in [0, 0.1) is 0 Å². The Morgan fingerprint density at radius 2 is 1.80 bits per heavy atom. The SMILES string of the molecule is COc1ccc(-c2[nH]c3ccc(OC4CCCCC4)cc3c2CC(=O)O)cc1OC. The number of hydrogen-bond donors (Lipinski definition) is 2. The third kappa shape index (κ3) is 4.08. The topological polar surface area (TPSA) is 80.8 Å². The van der Waals surface area contributed by atoms with E-state index < -0.39 is 5.97 Å². The van der Waals surface area contributed by atoms with Gasteiger partial charge in [0.05, 0.1) is 32.4 Å². The zero-order chi connectivity index (χ0) is 21.1. The molecule has 0 unspecified atom stereocenters. The lowest BCUT2D eigenvalue weighted by Crippen LogP contribution is -2.19. The van der Waals surface area contributed by atoms with Gasteiger partial charge in [-0.15, -0.1) is 0 Å². The number of carbonyl (C=O) groups is 1. The lowest BCUT2D eigenvalue weighted by Gasteiger charge is -2.23. The Labute approximate surface area is 175 Å². The number of rotatable bonds is 7. The summed E-state index contributed by atoms with van der Waals surface area (Å²) in [6, 6.07) is 11.5. The normalized spacial score (nSPS) is 14.6. The molecule has 0 radical (unpaired) electrons. The van der Waals surface area contributed by atoms with Crippen LogP contribution in [-0.2, 0) is 11.2 Å². The summed E-state index contributed by atoms with van der Waals surface area (Å²) < 4.78 is 17.0. The van der Waals surface area contributed by atoms with Gasteiger partial charge in [-0.3, -0.25) is 4.79 Å². The molecule has 1 fully saturated rings. The van der Waals surface area contributed by atoms with Crippen LogP contribution in [0.25, 0.3) is 22.2 Å². The van der Waals surface area contributed by atoms with Gasteiger partial charge >= 0.3 is 5.97 Å². The number of hydrogen-bond acceptors (Lipinski definition) is 4. The highest BCUT2D eigenvalue weighted by Gasteiger charge is 2.19. The summed E-state index contributed by atoms with van der Waals surface area (Å²) in [6.07, 6.45) is 5.97. The minimum Gasteiger partial charge on any atom is -0.493 e. The van der Waals surface area contributed by atoms with Gasteiger partial charge < -0.3 is 24.3 Å². The molecule has 1 aliphatic rings. The molecule has 6 heteroatoms. The Morgan fingerprint density at radius 3 is 2.50 bits per heavy atom. The molecule has 0 amide bonds. The van der Waals surface area contributed by atoms with Crippen LogP contribution in [-0.4, -0.2) is 36.4 Å². The average Bonchev–Trinajstić information content (AvgIpc) is 3.11. The molecular weight excluding hydrogens is 382 g/mol. The van der Waals surface area contributed by atoms with Crippen LogP contribution >= 0.6 is 0 Å². The fourth-order valence-corrected chi connectivity index (χ4v) is 4.25. The fourth-order valence-electron chi connectivity index (χ4n) is 4.25. The smallest absolute Gasteiger partial charge is 0.307 e. The zero-order valence-corrected chi connectivity index (χ0v) is 17.4. The number of benzene rings is 2. The lowest BCUT2D eigenvalue weighted by molar-refractivity contribution is -0.136. The molecule has 1 aliphatic carbocycles. The molecule has 0 atom stereocenters. The van der Waals surface area contributed by atoms with Crippen molar-refractivity contribution in [3.63, 3.8) is 0 Å². The number of aliphatic carboxylic acids is 1. The summed E-state index contributed by atoms with van der Waals surface area (Å²) in [6.45, 7) is 0. The quantitative estimate of drug-likeness (QED) is 0.561. The van der Waals surface area contributed by atoms with Crippen molar-refractivity contribution in [2.45, 2.75) is 44.6 Å². The van der Waals surface area contributed by atoms with Crippen molar-refractivity contribution in [3.05, 3.63) is 42.0 Å². The van der Waals surface area contributed by atoms with Gasteiger partial charge in [0.2, 0.25) is 0 Å². The summed E-state index contributed by atoms with van der Waals surface area (Å²) in [5.74, 6) is 1.13. The van der Waals surface area contributed by atoms with Crippen molar-refractivity contribution in [1.82, 2.24) is 4.98 Å². The molecule has 2 aromatic carbocycles. The van der Waals surface area contributed by atoms with Crippen LogP contribution in [0.2, 0.25) is 0 Å². The van der Waals surface area contributed by atoms with Gasteiger partial charge in [0.25, 0.3) is 0 Å². The van der Waals surface area contributed by atoms with Crippen molar-refractivity contribution >= 4 is 16.9 Å². The van der Waals surface area contributed by atoms with Gasteiger partial charge in [-0.1, -0.05) is 6.42 Å². The molecule has 1 heterocycles. The predicted octanol–water partition coefficient (Wildman–Crippen LogP) is 5.19. The molecule has 2 N–H and O–H groups in total. The number of ether oxygens (including phenoxy) is 3. The summed E-state index contributed by atoms with van der Waals surface area (Å²) in [5.41, 5.74) is 3.23. The molecule has 30 heavy (non-hydrogen) atoms. The van der Waals surface area contributed by atoms with Crippen LogP contribution in [0.5, 0.6) is 17.2 Å². The molecule has 1 aromatic heterocycles. The molecule has 0 aliphatic heterocycles. The zero-order valence-electron chi connectivity index (χ0n) is 17.4. The number of carboxylic acids is 1. The van der Waals surface area contributed by atoms with Crippen molar-refractivity contribution in [2.24, 2.45) is 0 Å². The van der Waals surface area contributed by atoms with Gasteiger partial charge in [0, 0.05) is 16.5 Å². The van der Waals surface area contributed by atoms with Gasteiger partial charge in [0.1, 0.15) is 5.75 Å². The number of carboxylic acid groups (broad SMARTS) is 1. The first kappa shape index (κ1) is 20.1. The first-order chi connectivity index (χ1) is 14.6. The minimum absolute atomic E-state index is 0.0867. The number of H-pyrrole nitrogens is 1. The maximum atomic E-state index is 11.6. The second kappa shape index (κ2) is 8.69. The standard InChI is InChI=1S/C24H27NO5/c1-28-21-11-8-15(12-22(21)29-2)24-19(14-23(26)27)18-13-17(9-10-20(18)25-24)30-16-6-4-3-5-7-16/h8-13,16,25H,3-7,14H2,1-2H3,(H,26,27). The average molecular weight is 409 g/mol. The predicted molar refractivity (Wildman–Crippen MR) is 116 cm³/mol. The van der Waals surface area contributed by atoms with Crippen molar-refractivity contribution < 1.29 is 24.1 Å². The van der Waals surface area contributed by atoms with Gasteiger partial charge in [0.15, 0.2) is 11.5 Å². The number of aromatic nitrogens is 1. The van der Waals surface area contributed by atoms with Crippen molar-refractivity contribution in [1.29, 1.82) is 0 Å². The first-order valence-corrected chi connectivity index (χ1v) is 10.3. The van der Waals surface area contributed by atoms with Crippen molar-refractivity contribution in [3.8, 4) is 28.5 Å². The van der Waals surface area contributed by atoms with E-state index in [4.69, 9.17) is 14.2 Å². The number of methoxy groups -OCH3 is 2. The molecule has 6 nitrogen and oxygen atoms in total. The van der Waals surface area contributed by atoms with Crippen LogP contribution in [0.4, 0.5) is 0 Å². The maximum Gasteiger partial charge on any atom is 0.307 e. The number of aromatic amines is 1. The highest BCUT2D eigenvalue weighted by atomic mass is 16.5. The maximum absolute atomic E-state index is 11.6. The summed E-state index contributed by atoms with van der Waals surface area (Å²) in [7, 11) is 3.17. The Balaban J connectivity index is 1.76. The molecule has 1 saturated carbocycles. The lowest BCUT2D eigenvalue weighted by atomic mass is 9.97. The second-order valence-electron chi connectivity index (χ2n) is 7.70. The van der Waals surface area contributed by atoms with E-state index in [0.29, 0.717) is 11.5 Å². The molecular formula is C24H27NO5. The molecule has 0 bridgehead atoms. The van der Waals surface area contributed by atoms with E-state index in [0.717, 1.165) is 46.3 Å². The second-order valence-corrected chi connectivity index (χ2v) is 7.70. The van der Waals surface area contributed by atoms with Crippen LogP contribution in [0.15, 0.2) is 36.4 Å². The van der Waals surface area contributed by atoms with E-state index >= 15 is 0 Å². The summed E-state index contributed by atoms with van der Waals surface area (Å²) >= 11 is 0. The van der Waals surface area contributed by atoms with Crippen LogP contribution in [0.1, 0.15) is 37.7 Å². The molecule has 0 saturated heterocycles. The highest BCUT2D eigenvalue weighted by Crippen LogP contribution is 2.37. The van der Waals surface area contributed by atoms with Crippen LogP contribution in [0.3, 0.4) is 0 Å². The van der Waals surface area contributed by atoms with Crippen molar-refractivity contribution in [2.75, 3.05) is 14.2 Å². The minimum atomic E-state index is -0.878. The van der Waals surface area contributed by atoms with E-state index in [1.807, 2.05) is 36.4 Å². The number of fused-ring (bicyclic) bond motifs is 1. The van der Waals surface area contributed by atoms with E-state index in [2.05, 4.69) is 4.98 Å². The Kier molecular flexibility index (Phi) is 5.84. The van der Waals surface area contributed by atoms with E-state index in [1.54, 1.807) is 14.2 Å². The van der Waals surface area contributed by atoms with Gasteiger partial charge in [-0.05, 0) is 67.6 Å². The third-order valence-corrected chi connectivity index (χ3v) is 5.73. The molecule has 4 rings (SSSR count). The van der Waals surface area contributed by atoms with Gasteiger partial charge in [-0.25, -0.2) is 0 Å². The highest BCUT2D eigenvalue weighted by molar-refractivity contribution is 5.95. The summed E-state index contributed by atoms with van der Waals surface area (Å²) in [4.78, 5) is 15.0. The van der Waals surface area contributed by atoms with E-state index in [-0.39, 0.29) is 12.5 Å². The Bertz CT molecular complexity index is 1050. The Hall–Kier alpha value is -3.15. The van der Waals surface area contributed by atoms with E-state index in [1.165, 1.54) is 19.3 Å². The molecule has 158 valence electrons. The van der Waals surface area contributed by atoms with Crippen LogP contribution < -0.4 is 14.2 Å². The molecule has 0 spiro atoms. The third-order valence-electron chi connectivity index (χ3n) is 5.73. The number of nitrogens with one attached hydrogen (secondary N) is 1. The monoisotopic (exact) mass is 409 g/mol. The fraction of sp³-hybridized carbons (Fsp3) is 0.375. The van der Waals surface area contributed by atoms with E-state index in [9.17, 15) is 9.90 Å². The first-order valence-electron chi connectivity index (χ1n) is 10.3. The largest absolute Gasteiger partial charge is 0.493 e.